The first kappa shape index (κ1) is 49.2. The zero-order valence-electron chi connectivity index (χ0n) is 37.9. The third-order valence-corrected chi connectivity index (χ3v) is 15.8. The van der Waals surface area contributed by atoms with Crippen molar-refractivity contribution >= 4 is 70.7 Å². The number of carbonyl (C=O) groups is 2. The van der Waals surface area contributed by atoms with E-state index < -0.39 is 30.9 Å². The molecule has 66 heavy (non-hydrogen) atoms. The number of hydrogen-bond donors (Lipinski definition) is 2. The number of esters is 1. The number of piperazine rings is 1. The van der Waals surface area contributed by atoms with Gasteiger partial charge in [-0.25, -0.2) is 4.79 Å². The molecule has 2 N–H and O–H groups in total. The van der Waals surface area contributed by atoms with Crippen LogP contribution in [0.5, 0.6) is 0 Å². The molecule has 1 aliphatic carbocycles. The number of ether oxygens (including phenoxy) is 2. The number of hydrogen-bond acceptors (Lipinski definition) is 13. The molecular formula is C49H60ClN6O8PS. The van der Waals surface area contributed by atoms with Crippen LogP contribution in [0.4, 0.5) is 17.1 Å². The molecule has 7 rings (SSSR count). The Hall–Kier alpha value is -4.73. The van der Waals surface area contributed by atoms with Crippen LogP contribution in [0, 0.1) is 15.5 Å². The largest absolute Gasteiger partial charge is 0.467 e. The molecule has 352 valence electrons. The van der Waals surface area contributed by atoms with Gasteiger partial charge in [0.15, 0.2) is 6.61 Å². The third-order valence-electron chi connectivity index (χ3n) is 12.5. The van der Waals surface area contributed by atoms with E-state index in [0.29, 0.717) is 25.4 Å². The molecule has 4 aromatic carbocycles. The molecule has 2 saturated heterocycles. The summed E-state index contributed by atoms with van der Waals surface area (Å²) in [5.41, 5.74) is 5.44. The summed E-state index contributed by atoms with van der Waals surface area (Å²) in [7, 11) is -3.29. The minimum atomic E-state index is -4.44. The minimum absolute atomic E-state index is 0.150. The van der Waals surface area contributed by atoms with Crippen LogP contribution in [0.25, 0.3) is 5.57 Å². The molecule has 4 aromatic rings. The van der Waals surface area contributed by atoms with Crippen LogP contribution in [0.15, 0.2) is 108 Å². The van der Waals surface area contributed by atoms with Crippen molar-refractivity contribution in [1.82, 2.24) is 14.9 Å². The van der Waals surface area contributed by atoms with Crippen molar-refractivity contribution in [3.05, 3.63) is 129 Å². The Morgan fingerprint density at radius 2 is 1.65 bits per heavy atom. The van der Waals surface area contributed by atoms with Gasteiger partial charge in [-0.1, -0.05) is 61.4 Å². The lowest BCUT2D eigenvalue weighted by molar-refractivity contribution is -0.383. The quantitative estimate of drug-likeness (QED) is 0.0303. The van der Waals surface area contributed by atoms with Gasteiger partial charge in [-0.05, 0) is 103 Å². The number of allylic oxidation sites excluding steroid dienone is 1. The lowest BCUT2D eigenvalue weighted by atomic mass is 9.73. The maximum Gasteiger partial charge on any atom is 0.332 e. The zero-order chi connectivity index (χ0) is 46.7. The number of nitrogens with one attached hydrogen (secondary N) is 2. The summed E-state index contributed by atoms with van der Waals surface area (Å²) < 4.78 is 30.5. The molecule has 2 atom stereocenters. The number of benzene rings is 4. The highest BCUT2D eigenvalue weighted by atomic mass is 35.5. The minimum Gasteiger partial charge on any atom is -0.467 e. The number of nitro groups is 1. The zero-order valence-corrected chi connectivity index (χ0v) is 40.4. The molecule has 1 amide bonds. The lowest BCUT2D eigenvalue weighted by Crippen LogP contribution is -2.47. The molecular weight excluding hydrogens is 899 g/mol. The average Bonchev–Trinajstić information content (AvgIpc) is 3.32. The van der Waals surface area contributed by atoms with E-state index >= 15 is 0 Å². The van der Waals surface area contributed by atoms with E-state index in [1.54, 1.807) is 23.9 Å². The highest BCUT2D eigenvalue weighted by Crippen LogP contribution is 2.45. The van der Waals surface area contributed by atoms with Crippen molar-refractivity contribution in [2.24, 2.45) is 5.41 Å². The maximum absolute atomic E-state index is 14.7. The summed E-state index contributed by atoms with van der Waals surface area (Å²) in [6, 6.07) is 29.0. The summed E-state index contributed by atoms with van der Waals surface area (Å²) in [5, 5.41) is 19.1. The predicted octanol–water partition coefficient (Wildman–Crippen LogP) is 8.77. The smallest absolute Gasteiger partial charge is 0.332 e. The van der Waals surface area contributed by atoms with Crippen LogP contribution in [-0.4, -0.2) is 118 Å². The van der Waals surface area contributed by atoms with Crippen LogP contribution in [0.3, 0.4) is 0 Å². The fourth-order valence-corrected chi connectivity index (χ4v) is 11.4. The van der Waals surface area contributed by atoms with Gasteiger partial charge < -0.3 is 19.7 Å². The number of rotatable bonds is 19. The Balaban J connectivity index is 1.02. The molecule has 2 aliphatic heterocycles. The van der Waals surface area contributed by atoms with E-state index in [0.717, 1.165) is 100 Å². The number of amides is 1. The van der Waals surface area contributed by atoms with Crippen molar-refractivity contribution < 1.29 is 33.1 Å². The molecule has 0 saturated carbocycles. The Morgan fingerprint density at radius 3 is 2.33 bits per heavy atom. The summed E-state index contributed by atoms with van der Waals surface area (Å²) >= 11 is 7.86. The molecule has 2 heterocycles. The maximum atomic E-state index is 14.7. The first-order chi connectivity index (χ1) is 31.8. The van der Waals surface area contributed by atoms with Gasteiger partial charge in [0.25, 0.3) is 11.6 Å². The van der Waals surface area contributed by atoms with Gasteiger partial charge in [0.05, 0.1) is 30.6 Å². The Kier molecular flexibility index (Phi) is 17.0. The van der Waals surface area contributed by atoms with E-state index in [9.17, 15) is 24.3 Å². The molecule has 0 aromatic heterocycles. The number of thioether (sulfide) groups is 1. The predicted molar refractivity (Wildman–Crippen MR) is 263 cm³/mol. The summed E-state index contributed by atoms with van der Waals surface area (Å²) in [4.78, 5) is 46.3. The monoisotopic (exact) mass is 958 g/mol. The van der Waals surface area contributed by atoms with E-state index in [-0.39, 0.29) is 33.7 Å². The Labute approximate surface area is 397 Å². The fraction of sp³-hybridized carbons (Fsp3) is 0.429. The summed E-state index contributed by atoms with van der Waals surface area (Å²) in [5.74, 6) is -0.935. The van der Waals surface area contributed by atoms with E-state index in [1.165, 1.54) is 28.8 Å². The van der Waals surface area contributed by atoms with E-state index in [1.807, 2.05) is 54.6 Å². The third kappa shape index (κ3) is 13.5. The number of carbonyl (C=O) groups excluding carboxylic acids is 2. The van der Waals surface area contributed by atoms with Crippen LogP contribution >= 0.6 is 30.9 Å². The number of nitrogens with zero attached hydrogens (tertiary/aromatic N) is 4. The van der Waals surface area contributed by atoms with Crippen molar-refractivity contribution in [2.45, 2.75) is 50.5 Å². The van der Waals surface area contributed by atoms with E-state index in [2.05, 4.69) is 51.1 Å². The van der Waals surface area contributed by atoms with Crippen molar-refractivity contribution in [3.63, 3.8) is 0 Å². The molecule has 2 fully saturated rings. The van der Waals surface area contributed by atoms with Gasteiger partial charge in [-0.15, -0.1) is 11.8 Å². The van der Waals surface area contributed by atoms with Gasteiger partial charge in [-0.2, -0.15) is 0 Å². The molecule has 0 radical (unpaired) electrons. The number of nitro benzene ring substituents is 1. The van der Waals surface area contributed by atoms with Gasteiger partial charge >= 0.3 is 13.5 Å². The molecule has 1 unspecified atom stereocenters. The fourth-order valence-electron chi connectivity index (χ4n) is 8.66. The van der Waals surface area contributed by atoms with Crippen molar-refractivity contribution in [1.29, 1.82) is 0 Å². The van der Waals surface area contributed by atoms with Crippen LogP contribution in [0.2, 0.25) is 5.02 Å². The highest BCUT2D eigenvalue weighted by molar-refractivity contribution is 7.99. The number of methoxy groups -OCH3 is 1. The lowest BCUT2D eigenvalue weighted by Gasteiger charge is -2.39. The Morgan fingerprint density at radius 1 is 0.939 bits per heavy atom. The molecule has 0 bridgehead atoms. The van der Waals surface area contributed by atoms with Gasteiger partial charge in [0.1, 0.15) is 5.69 Å². The highest BCUT2D eigenvalue weighted by Gasteiger charge is 2.34. The topological polar surface area (TPSA) is 156 Å². The SMILES string of the molecule is COC(=O)COP(=O)(NC(=O)c1ccc(N2CCN(CC3=C(c4ccc(Cl)cc4)CCC(C)(C)C3)CC2)cc1)c1ccc(N[C@H](CCN2CCOCC2)CSc2ccccc2)c([N+](=O)[O-])c1. The molecule has 17 heteroatoms. The first-order valence-electron chi connectivity index (χ1n) is 22.5. The number of anilines is 2. The van der Waals surface area contributed by atoms with Gasteiger partial charge in [0, 0.05) is 91.4 Å². The Bertz CT molecular complexity index is 2380. The summed E-state index contributed by atoms with van der Waals surface area (Å²) in [6.45, 7) is 11.9. The standard InChI is InChI=1S/C49H60ClN6O8PS/c1-49(2)21-19-44(36-9-13-39(50)14-10-36)38(32-49)33-54-23-25-55(26-24-54)41-15-11-37(12-16-41)48(58)52-65(61,64-34-47(57)62-3)42-17-18-45(46(31-42)56(59)60)51-40(20-22-53-27-29-63-30-28-53)35-66-43-7-5-4-6-8-43/h4-18,31,40,51H,19-30,32-35H2,1-3H3,(H,52,58,61)/t40-,65?/m1/s1. The number of halogens is 1. The number of morpholine rings is 1. The van der Waals surface area contributed by atoms with Crippen LogP contribution in [0.1, 0.15) is 55.5 Å². The molecule has 14 nitrogen and oxygen atoms in total. The first-order valence-corrected chi connectivity index (χ1v) is 25.5. The van der Waals surface area contributed by atoms with Crippen molar-refractivity contribution in [3.8, 4) is 0 Å². The summed E-state index contributed by atoms with van der Waals surface area (Å²) in [6.07, 6.45) is 3.95. The van der Waals surface area contributed by atoms with Crippen LogP contribution < -0.4 is 20.6 Å². The second kappa shape index (κ2) is 22.8. The van der Waals surface area contributed by atoms with Gasteiger partial charge in [0.2, 0.25) is 0 Å². The second-order valence-electron chi connectivity index (χ2n) is 17.7. The van der Waals surface area contributed by atoms with Crippen molar-refractivity contribution in [2.75, 3.05) is 95.3 Å². The van der Waals surface area contributed by atoms with E-state index in [4.69, 9.17) is 25.6 Å². The second-order valence-corrected chi connectivity index (χ2v) is 21.4. The molecule has 3 aliphatic rings. The average molecular weight is 960 g/mol. The molecule has 0 spiro atoms. The van der Waals surface area contributed by atoms with Crippen LogP contribution in [-0.2, 0) is 23.4 Å². The normalized spacial score (nSPS) is 18.3. The van der Waals surface area contributed by atoms with Gasteiger partial charge in [-0.3, -0.25) is 38.9 Å².